The second kappa shape index (κ2) is 8.24. The normalized spacial score (nSPS) is 38.1. The molecular formula is C12H22O10. The summed E-state index contributed by atoms with van der Waals surface area (Å²) in [6.07, 6.45) is -14.5. The van der Waals surface area contributed by atoms with Crippen LogP contribution < -0.4 is 0 Å². The summed E-state index contributed by atoms with van der Waals surface area (Å²) in [4.78, 5) is 10.7. The Morgan fingerprint density at radius 3 is 2.18 bits per heavy atom. The van der Waals surface area contributed by atoms with Crippen LogP contribution in [0.25, 0.3) is 0 Å². The first kappa shape index (κ1) is 19.4. The molecule has 1 fully saturated rings. The van der Waals surface area contributed by atoms with Crippen molar-refractivity contribution in [3.05, 3.63) is 0 Å². The lowest BCUT2D eigenvalue weighted by atomic mass is 9.98. The third kappa shape index (κ3) is 4.19. The van der Waals surface area contributed by atoms with Gasteiger partial charge in [-0.2, -0.15) is 0 Å². The van der Waals surface area contributed by atoms with Crippen LogP contribution in [0.5, 0.6) is 0 Å². The fraction of sp³-hybridized carbons (Fsp3) is 0.917. The average molecular weight is 326 g/mol. The highest BCUT2D eigenvalue weighted by Crippen LogP contribution is 2.24. The molecule has 1 saturated heterocycles. The summed E-state index contributed by atoms with van der Waals surface area (Å²) in [5.74, 6) is 0. The van der Waals surface area contributed by atoms with Crippen LogP contribution in [0.1, 0.15) is 6.92 Å². The minimum Gasteiger partial charge on any atom is -0.394 e. The van der Waals surface area contributed by atoms with Crippen LogP contribution in [0.2, 0.25) is 0 Å². The van der Waals surface area contributed by atoms with Crippen molar-refractivity contribution in [1.82, 2.24) is 0 Å². The van der Waals surface area contributed by atoms with Gasteiger partial charge in [0.2, 0.25) is 0 Å². The predicted octanol–water partition coefficient (Wildman–Crippen LogP) is -4.53. The maximum Gasteiger partial charge on any atom is 0.187 e. The Morgan fingerprint density at radius 1 is 1.14 bits per heavy atom. The second-order valence-electron chi connectivity index (χ2n) is 5.16. The highest BCUT2D eigenvalue weighted by atomic mass is 16.7. The molecular weight excluding hydrogens is 304 g/mol. The van der Waals surface area contributed by atoms with Crippen LogP contribution in [0, 0.1) is 0 Å². The summed E-state index contributed by atoms with van der Waals surface area (Å²) in [6, 6.07) is 0. The molecule has 1 rings (SSSR count). The van der Waals surface area contributed by atoms with E-state index in [-0.39, 0.29) is 6.29 Å². The van der Waals surface area contributed by atoms with E-state index in [1.165, 1.54) is 6.92 Å². The lowest BCUT2D eigenvalue weighted by molar-refractivity contribution is -0.324. The van der Waals surface area contributed by atoms with Gasteiger partial charge < -0.3 is 50.0 Å². The van der Waals surface area contributed by atoms with E-state index in [2.05, 4.69) is 0 Å². The molecule has 1 aliphatic heterocycles. The van der Waals surface area contributed by atoms with Gasteiger partial charge in [0.05, 0.1) is 12.7 Å². The molecule has 0 unspecified atom stereocenters. The largest absolute Gasteiger partial charge is 0.394 e. The summed E-state index contributed by atoms with van der Waals surface area (Å²) < 4.78 is 10.1. The molecule has 130 valence electrons. The van der Waals surface area contributed by atoms with Gasteiger partial charge in [-0.25, -0.2) is 0 Å². The number of carbonyl (C=O) groups is 1. The summed E-state index contributed by atoms with van der Waals surface area (Å²) in [5, 5.41) is 66.7. The molecule has 0 radical (unpaired) electrons. The van der Waals surface area contributed by atoms with Crippen molar-refractivity contribution in [3.8, 4) is 0 Å². The van der Waals surface area contributed by atoms with Crippen molar-refractivity contribution < 1.29 is 50.0 Å². The van der Waals surface area contributed by atoms with Crippen molar-refractivity contribution in [3.63, 3.8) is 0 Å². The van der Waals surface area contributed by atoms with E-state index >= 15 is 0 Å². The summed E-state index contributed by atoms with van der Waals surface area (Å²) >= 11 is 0. The molecule has 7 N–H and O–H groups in total. The highest BCUT2D eigenvalue weighted by molar-refractivity contribution is 5.56. The number of carbonyl (C=O) groups excluding carboxylic acids is 1. The second-order valence-corrected chi connectivity index (χ2v) is 5.16. The molecule has 10 heteroatoms. The molecule has 0 aromatic rings. The third-order valence-electron chi connectivity index (χ3n) is 3.45. The van der Waals surface area contributed by atoms with Gasteiger partial charge in [-0.15, -0.1) is 0 Å². The number of ether oxygens (including phenoxy) is 2. The van der Waals surface area contributed by atoms with E-state index < -0.39 is 61.7 Å². The molecule has 0 bridgehead atoms. The minimum atomic E-state index is -1.84. The van der Waals surface area contributed by atoms with Crippen molar-refractivity contribution in [1.29, 1.82) is 0 Å². The van der Waals surface area contributed by atoms with E-state index in [4.69, 9.17) is 14.6 Å². The van der Waals surface area contributed by atoms with Crippen molar-refractivity contribution in [2.24, 2.45) is 0 Å². The monoisotopic (exact) mass is 326 g/mol. The van der Waals surface area contributed by atoms with Crippen LogP contribution >= 0.6 is 0 Å². The molecule has 0 aliphatic carbocycles. The first-order valence-electron chi connectivity index (χ1n) is 6.70. The van der Waals surface area contributed by atoms with Gasteiger partial charge in [-0.1, -0.05) is 0 Å². The van der Waals surface area contributed by atoms with Crippen LogP contribution in [0.3, 0.4) is 0 Å². The van der Waals surface area contributed by atoms with Crippen LogP contribution in [-0.4, -0.2) is 104 Å². The molecule has 1 heterocycles. The average Bonchev–Trinajstić information content (AvgIpc) is 2.50. The van der Waals surface area contributed by atoms with E-state index in [0.717, 1.165) is 0 Å². The molecule has 9 atom stereocenters. The van der Waals surface area contributed by atoms with Crippen LogP contribution in [0.15, 0.2) is 0 Å². The molecule has 10 nitrogen and oxygen atoms in total. The van der Waals surface area contributed by atoms with Gasteiger partial charge in [-0.05, 0) is 6.92 Å². The van der Waals surface area contributed by atoms with Gasteiger partial charge in [-0.3, -0.25) is 0 Å². The quantitative estimate of drug-likeness (QED) is 0.225. The molecule has 0 saturated carbocycles. The van der Waals surface area contributed by atoms with Crippen molar-refractivity contribution >= 4 is 6.29 Å². The molecule has 22 heavy (non-hydrogen) atoms. The number of aliphatic hydroxyl groups excluding tert-OH is 7. The smallest absolute Gasteiger partial charge is 0.187 e. The zero-order valence-corrected chi connectivity index (χ0v) is 11.8. The predicted molar refractivity (Wildman–Crippen MR) is 68.4 cm³/mol. The number of aliphatic hydroxyl groups is 7. The Balaban J connectivity index is 2.89. The van der Waals surface area contributed by atoms with Gasteiger partial charge in [0.15, 0.2) is 12.6 Å². The Morgan fingerprint density at radius 2 is 1.73 bits per heavy atom. The van der Waals surface area contributed by atoms with Crippen LogP contribution in [0.4, 0.5) is 0 Å². The Kier molecular flexibility index (Phi) is 7.25. The minimum absolute atomic E-state index is 0.0558. The summed E-state index contributed by atoms with van der Waals surface area (Å²) in [7, 11) is 0. The topological polar surface area (TPSA) is 177 Å². The first-order valence-corrected chi connectivity index (χ1v) is 6.70. The fourth-order valence-corrected chi connectivity index (χ4v) is 2.05. The van der Waals surface area contributed by atoms with E-state index in [1.807, 2.05) is 0 Å². The summed E-state index contributed by atoms with van der Waals surface area (Å²) in [5.41, 5.74) is 0. The van der Waals surface area contributed by atoms with Gasteiger partial charge >= 0.3 is 0 Å². The molecule has 0 amide bonds. The number of hydrogen-bond acceptors (Lipinski definition) is 10. The zero-order chi connectivity index (χ0) is 17.0. The van der Waals surface area contributed by atoms with Gasteiger partial charge in [0.25, 0.3) is 0 Å². The SMILES string of the molecule is C[C@@H](O)[C@H](O)[C@H](O[C@@H]1O[C@H](CO)[C@H](O)[C@H](O)[C@H]1O)[C@@H](O)C=O. The molecule has 0 aromatic heterocycles. The maximum absolute atomic E-state index is 10.7. The number of hydrogen-bond donors (Lipinski definition) is 7. The molecule has 1 aliphatic rings. The lowest BCUT2D eigenvalue weighted by Gasteiger charge is -2.41. The lowest BCUT2D eigenvalue weighted by Crippen LogP contribution is -2.61. The number of rotatable bonds is 7. The highest BCUT2D eigenvalue weighted by Gasteiger charge is 2.46. The van der Waals surface area contributed by atoms with E-state index in [9.17, 15) is 35.4 Å². The van der Waals surface area contributed by atoms with E-state index in [1.54, 1.807) is 0 Å². The Bertz CT molecular complexity index is 349. The third-order valence-corrected chi connectivity index (χ3v) is 3.45. The van der Waals surface area contributed by atoms with E-state index in [0.29, 0.717) is 0 Å². The first-order chi connectivity index (χ1) is 10.2. The fourth-order valence-electron chi connectivity index (χ4n) is 2.05. The zero-order valence-electron chi connectivity index (χ0n) is 11.8. The van der Waals surface area contributed by atoms with Crippen LogP contribution in [-0.2, 0) is 14.3 Å². The van der Waals surface area contributed by atoms with Gasteiger partial charge in [0.1, 0.15) is 42.7 Å². The van der Waals surface area contributed by atoms with Crippen molar-refractivity contribution in [2.75, 3.05) is 6.61 Å². The standard InChI is InChI=1S/C12H22O10/c1-4(15)7(17)11(5(16)2-13)22-12-10(20)9(19)8(18)6(3-14)21-12/h2,4-12,14-20H,3H2,1H3/t4-,5+,6-,7+,8+,9+,10-,11-,12+/m1/s1. The Labute approximate surface area is 126 Å². The molecule has 0 aromatic carbocycles. The van der Waals surface area contributed by atoms with Gasteiger partial charge in [0, 0.05) is 0 Å². The summed E-state index contributed by atoms with van der Waals surface area (Å²) in [6.45, 7) is 0.497. The van der Waals surface area contributed by atoms with Crippen molar-refractivity contribution in [2.45, 2.75) is 62.0 Å². The Hall–Kier alpha value is -0.690. The number of aldehydes is 1. The maximum atomic E-state index is 10.7. The molecule has 0 spiro atoms.